The van der Waals surface area contributed by atoms with Gasteiger partial charge < -0.3 is 15.4 Å². The fourth-order valence-corrected chi connectivity index (χ4v) is 3.15. The minimum atomic E-state index is -0.440. The SMILES string of the molecule is CC1CC(NC(=O)C2OCCc3ccccc32)CCN1. The normalized spacial score (nSPS) is 29.6. The molecule has 1 aromatic rings. The zero-order chi connectivity index (χ0) is 13.9. The molecule has 0 bridgehead atoms. The summed E-state index contributed by atoms with van der Waals surface area (Å²) in [6.45, 7) is 3.75. The summed E-state index contributed by atoms with van der Waals surface area (Å²) in [5.41, 5.74) is 2.26. The van der Waals surface area contributed by atoms with Crippen molar-refractivity contribution in [3.05, 3.63) is 35.4 Å². The molecule has 108 valence electrons. The lowest BCUT2D eigenvalue weighted by Gasteiger charge is -2.31. The van der Waals surface area contributed by atoms with E-state index in [1.807, 2.05) is 18.2 Å². The summed E-state index contributed by atoms with van der Waals surface area (Å²) in [5.74, 6) is 0.0104. The van der Waals surface area contributed by atoms with Crippen LogP contribution in [0.5, 0.6) is 0 Å². The van der Waals surface area contributed by atoms with Crippen molar-refractivity contribution in [3.8, 4) is 0 Å². The van der Waals surface area contributed by atoms with Gasteiger partial charge in [-0.2, -0.15) is 0 Å². The van der Waals surface area contributed by atoms with E-state index >= 15 is 0 Å². The summed E-state index contributed by atoms with van der Waals surface area (Å²) in [6.07, 6.45) is 2.43. The van der Waals surface area contributed by atoms with Gasteiger partial charge in [0.15, 0.2) is 6.10 Å². The van der Waals surface area contributed by atoms with Crippen LogP contribution in [-0.4, -0.2) is 31.1 Å². The highest BCUT2D eigenvalue weighted by atomic mass is 16.5. The van der Waals surface area contributed by atoms with Crippen LogP contribution >= 0.6 is 0 Å². The van der Waals surface area contributed by atoms with Crippen molar-refractivity contribution in [1.82, 2.24) is 10.6 Å². The molecule has 2 heterocycles. The Morgan fingerprint density at radius 2 is 2.25 bits per heavy atom. The average Bonchev–Trinajstić information content (AvgIpc) is 2.46. The van der Waals surface area contributed by atoms with E-state index in [0.717, 1.165) is 31.4 Å². The molecule has 1 fully saturated rings. The second-order valence-electron chi connectivity index (χ2n) is 5.78. The van der Waals surface area contributed by atoms with Crippen LogP contribution in [0.15, 0.2) is 24.3 Å². The van der Waals surface area contributed by atoms with Crippen molar-refractivity contribution in [2.45, 2.75) is 44.4 Å². The van der Waals surface area contributed by atoms with Crippen molar-refractivity contribution in [1.29, 1.82) is 0 Å². The first kappa shape index (κ1) is 13.6. The monoisotopic (exact) mass is 274 g/mol. The molecule has 0 saturated carbocycles. The van der Waals surface area contributed by atoms with Gasteiger partial charge in [-0.3, -0.25) is 4.79 Å². The van der Waals surface area contributed by atoms with Gasteiger partial charge in [0.2, 0.25) is 0 Å². The predicted molar refractivity (Wildman–Crippen MR) is 77.5 cm³/mol. The maximum absolute atomic E-state index is 12.5. The number of hydrogen-bond acceptors (Lipinski definition) is 3. The van der Waals surface area contributed by atoms with Gasteiger partial charge in [0.25, 0.3) is 5.91 Å². The molecule has 2 aliphatic heterocycles. The molecule has 1 saturated heterocycles. The summed E-state index contributed by atoms with van der Waals surface area (Å²) in [4.78, 5) is 12.5. The van der Waals surface area contributed by atoms with Gasteiger partial charge in [0, 0.05) is 12.1 Å². The first-order valence-corrected chi connectivity index (χ1v) is 7.47. The van der Waals surface area contributed by atoms with Crippen LogP contribution in [0.1, 0.15) is 37.0 Å². The van der Waals surface area contributed by atoms with Crippen molar-refractivity contribution < 1.29 is 9.53 Å². The third-order valence-corrected chi connectivity index (χ3v) is 4.20. The molecule has 2 aliphatic rings. The number of amides is 1. The molecule has 3 atom stereocenters. The number of carbonyl (C=O) groups is 1. The van der Waals surface area contributed by atoms with Gasteiger partial charge in [-0.1, -0.05) is 24.3 Å². The highest BCUT2D eigenvalue weighted by molar-refractivity contribution is 5.83. The highest BCUT2D eigenvalue weighted by Crippen LogP contribution is 2.27. The molecule has 0 spiro atoms. The molecule has 0 aliphatic carbocycles. The second-order valence-corrected chi connectivity index (χ2v) is 5.78. The highest BCUT2D eigenvalue weighted by Gasteiger charge is 2.29. The smallest absolute Gasteiger partial charge is 0.253 e. The third-order valence-electron chi connectivity index (χ3n) is 4.20. The molecule has 1 amide bonds. The Labute approximate surface area is 119 Å². The molecule has 3 rings (SSSR count). The van der Waals surface area contributed by atoms with E-state index in [-0.39, 0.29) is 11.9 Å². The minimum absolute atomic E-state index is 0.0104. The van der Waals surface area contributed by atoms with Gasteiger partial charge in [-0.25, -0.2) is 0 Å². The van der Waals surface area contributed by atoms with Crippen molar-refractivity contribution in [2.24, 2.45) is 0 Å². The Kier molecular flexibility index (Phi) is 4.03. The fourth-order valence-electron chi connectivity index (χ4n) is 3.15. The summed E-state index contributed by atoms with van der Waals surface area (Å²) < 4.78 is 5.71. The molecule has 0 aromatic heterocycles. The lowest BCUT2D eigenvalue weighted by Crippen LogP contribution is -2.48. The van der Waals surface area contributed by atoms with Gasteiger partial charge in [0.05, 0.1) is 6.61 Å². The lowest BCUT2D eigenvalue weighted by atomic mass is 9.96. The maximum atomic E-state index is 12.5. The van der Waals surface area contributed by atoms with Crippen molar-refractivity contribution in [3.63, 3.8) is 0 Å². The predicted octanol–water partition coefficient (Wildman–Crippen LogP) is 1.56. The molecule has 2 N–H and O–H groups in total. The van der Waals surface area contributed by atoms with Gasteiger partial charge in [-0.15, -0.1) is 0 Å². The number of benzene rings is 1. The summed E-state index contributed by atoms with van der Waals surface area (Å²) in [7, 11) is 0. The number of carbonyl (C=O) groups excluding carboxylic acids is 1. The van der Waals surface area contributed by atoms with Crippen LogP contribution in [0.2, 0.25) is 0 Å². The standard InChI is InChI=1S/C16H22N2O2/c1-11-10-13(6-8-17-11)18-16(19)15-14-5-3-2-4-12(14)7-9-20-15/h2-5,11,13,15,17H,6-10H2,1H3,(H,18,19). The van der Waals surface area contributed by atoms with Crippen LogP contribution in [0.25, 0.3) is 0 Å². The Balaban J connectivity index is 1.69. The first-order chi connectivity index (χ1) is 9.74. The lowest BCUT2D eigenvalue weighted by molar-refractivity contribution is -0.135. The Bertz CT molecular complexity index is 489. The molecule has 1 aromatic carbocycles. The van der Waals surface area contributed by atoms with Crippen LogP contribution in [-0.2, 0) is 16.0 Å². The molecule has 0 radical (unpaired) electrons. The number of rotatable bonds is 2. The van der Waals surface area contributed by atoms with Gasteiger partial charge in [-0.05, 0) is 43.9 Å². The largest absolute Gasteiger partial charge is 0.363 e. The zero-order valence-corrected chi connectivity index (χ0v) is 11.9. The second kappa shape index (κ2) is 5.94. The molecule has 3 unspecified atom stereocenters. The number of piperidine rings is 1. The van der Waals surface area contributed by atoms with E-state index in [1.54, 1.807) is 0 Å². The molecule has 4 heteroatoms. The van der Waals surface area contributed by atoms with E-state index in [0.29, 0.717) is 12.6 Å². The van der Waals surface area contributed by atoms with Crippen molar-refractivity contribution >= 4 is 5.91 Å². The quantitative estimate of drug-likeness (QED) is 0.860. The molecular weight excluding hydrogens is 252 g/mol. The Morgan fingerprint density at radius 3 is 3.10 bits per heavy atom. The summed E-state index contributed by atoms with van der Waals surface area (Å²) in [6, 6.07) is 8.81. The molecule has 4 nitrogen and oxygen atoms in total. The van der Waals surface area contributed by atoms with E-state index in [1.165, 1.54) is 5.56 Å². The number of fused-ring (bicyclic) bond motifs is 1. The number of ether oxygens (including phenoxy) is 1. The van der Waals surface area contributed by atoms with Crippen LogP contribution in [0.3, 0.4) is 0 Å². The fraction of sp³-hybridized carbons (Fsp3) is 0.562. The number of hydrogen-bond donors (Lipinski definition) is 2. The topological polar surface area (TPSA) is 50.4 Å². The van der Waals surface area contributed by atoms with E-state index in [4.69, 9.17) is 4.74 Å². The van der Waals surface area contributed by atoms with Crippen LogP contribution in [0, 0.1) is 0 Å². The first-order valence-electron chi connectivity index (χ1n) is 7.47. The molecular formula is C16H22N2O2. The zero-order valence-electron chi connectivity index (χ0n) is 11.9. The van der Waals surface area contributed by atoms with Crippen LogP contribution in [0.4, 0.5) is 0 Å². The third kappa shape index (κ3) is 2.86. The van der Waals surface area contributed by atoms with E-state index in [2.05, 4.69) is 23.6 Å². The summed E-state index contributed by atoms with van der Waals surface area (Å²) >= 11 is 0. The summed E-state index contributed by atoms with van der Waals surface area (Å²) in [5, 5.41) is 6.55. The van der Waals surface area contributed by atoms with Crippen LogP contribution < -0.4 is 10.6 Å². The van der Waals surface area contributed by atoms with E-state index in [9.17, 15) is 4.79 Å². The Hall–Kier alpha value is -1.39. The Morgan fingerprint density at radius 1 is 1.40 bits per heavy atom. The molecule has 20 heavy (non-hydrogen) atoms. The average molecular weight is 274 g/mol. The minimum Gasteiger partial charge on any atom is -0.363 e. The van der Waals surface area contributed by atoms with Crippen molar-refractivity contribution in [2.75, 3.05) is 13.2 Å². The van der Waals surface area contributed by atoms with Gasteiger partial charge in [0.1, 0.15) is 0 Å². The van der Waals surface area contributed by atoms with E-state index < -0.39 is 6.10 Å². The number of nitrogens with one attached hydrogen (secondary N) is 2. The maximum Gasteiger partial charge on any atom is 0.253 e. The van der Waals surface area contributed by atoms with Gasteiger partial charge >= 0.3 is 0 Å².